The zero-order chi connectivity index (χ0) is 16.5. The predicted molar refractivity (Wildman–Crippen MR) is 91.7 cm³/mol. The highest BCUT2D eigenvalue weighted by molar-refractivity contribution is 7.89. The summed E-state index contributed by atoms with van der Waals surface area (Å²) in [5, 5.41) is 4.08. The van der Waals surface area contributed by atoms with Crippen LogP contribution in [0, 0.1) is 5.41 Å². The lowest BCUT2D eigenvalue weighted by atomic mass is 9.78. The van der Waals surface area contributed by atoms with E-state index in [1.54, 1.807) is 30.5 Å². The Labute approximate surface area is 137 Å². The molecule has 2 N–H and O–H groups in total. The molecule has 0 bridgehead atoms. The van der Waals surface area contributed by atoms with Crippen LogP contribution in [0.3, 0.4) is 0 Å². The lowest BCUT2D eigenvalue weighted by Gasteiger charge is -2.39. The van der Waals surface area contributed by atoms with E-state index in [1.165, 1.54) is 0 Å². The van der Waals surface area contributed by atoms with Crippen molar-refractivity contribution in [3.8, 4) is 0 Å². The van der Waals surface area contributed by atoms with E-state index in [0.29, 0.717) is 17.4 Å². The number of hydrogen-bond donors (Lipinski definition) is 2. The molecule has 2 aromatic rings. The number of aromatic nitrogens is 1. The van der Waals surface area contributed by atoms with Crippen molar-refractivity contribution in [3.63, 3.8) is 0 Å². The van der Waals surface area contributed by atoms with Gasteiger partial charge in [0.15, 0.2) is 0 Å². The van der Waals surface area contributed by atoms with Crippen molar-refractivity contribution in [2.24, 2.45) is 5.41 Å². The molecule has 1 aromatic heterocycles. The van der Waals surface area contributed by atoms with Gasteiger partial charge < -0.3 is 5.32 Å². The van der Waals surface area contributed by atoms with Crippen LogP contribution in [-0.4, -0.2) is 32.5 Å². The molecule has 1 aliphatic rings. The van der Waals surface area contributed by atoms with Crippen molar-refractivity contribution >= 4 is 20.9 Å². The molecule has 1 fully saturated rings. The maximum atomic E-state index is 12.7. The third kappa shape index (κ3) is 3.39. The van der Waals surface area contributed by atoms with Gasteiger partial charge in [-0.25, -0.2) is 13.1 Å². The standard InChI is InChI=1S/C17H23N3O2S/c1-17(2)9-5-11-19-16(17)12-20-23(21,22)15-8-3-7-14-13(15)6-4-10-18-14/h3-4,6-8,10,16,19-20H,5,9,11-12H2,1-2H3. The third-order valence-corrected chi connectivity index (χ3v) is 6.19. The molecule has 0 spiro atoms. The highest BCUT2D eigenvalue weighted by Gasteiger charge is 2.32. The van der Waals surface area contributed by atoms with Gasteiger partial charge in [0.2, 0.25) is 10.0 Å². The van der Waals surface area contributed by atoms with Gasteiger partial charge in [-0.05, 0) is 49.1 Å². The first-order valence-corrected chi connectivity index (χ1v) is 9.45. The Bertz CT molecular complexity index is 797. The zero-order valence-corrected chi connectivity index (χ0v) is 14.4. The SMILES string of the molecule is CC1(C)CCCNC1CNS(=O)(=O)c1cccc2ncccc12. The van der Waals surface area contributed by atoms with Crippen LogP contribution in [0.15, 0.2) is 41.4 Å². The monoisotopic (exact) mass is 333 g/mol. The molecule has 1 aromatic carbocycles. The second-order valence-electron chi connectivity index (χ2n) is 6.78. The van der Waals surface area contributed by atoms with E-state index in [1.807, 2.05) is 6.07 Å². The highest BCUT2D eigenvalue weighted by Crippen LogP contribution is 2.30. The molecular weight excluding hydrogens is 310 g/mol. The summed E-state index contributed by atoms with van der Waals surface area (Å²) in [7, 11) is -3.57. The molecule has 1 aliphatic heterocycles. The van der Waals surface area contributed by atoms with Crippen molar-refractivity contribution in [1.82, 2.24) is 15.0 Å². The third-order valence-electron chi connectivity index (χ3n) is 4.70. The summed E-state index contributed by atoms with van der Waals surface area (Å²) in [5.74, 6) is 0. The minimum Gasteiger partial charge on any atom is -0.312 e. The van der Waals surface area contributed by atoms with Gasteiger partial charge in [-0.2, -0.15) is 0 Å². The molecule has 2 heterocycles. The second-order valence-corrected chi connectivity index (χ2v) is 8.51. The van der Waals surface area contributed by atoms with Crippen molar-refractivity contribution in [1.29, 1.82) is 0 Å². The Balaban J connectivity index is 1.84. The van der Waals surface area contributed by atoms with Crippen molar-refractivity contribution in [2.45, 2.75) is 37.6 Å². The van der Waals surface area contributed by atoms with Gasteiger partial charge in [0.05, 0.1) is 10.4 Å². The second kappa shape index (κ2) is 6.19. The number of nitrogens with zero attached hydrogens (tertiary/aromatic N) is 1. The lowest BCUT2D eigenvalue weighted by molar-refractivity contribution is 0.182. The van der Waals surface area contributed by atoms with Crippen LogP contribution in [0.4, 0.5) is 0 Å². The summed E-state index contributed by atoms with van der Waals surface area (Å²) in [6.07, 6.45) is 3.90. The number of hydrogen-bond acceptors (Lipinski definition) is 4. The lowest BCUT2D eigenvalue weighted by Crippen LogP contribution is -2.52. The summed E-state index contributed by atoms with van der Waals surface area (Å²) < 4.78 is 28.2. The minimum atomic E-state index is -3.57. The molecular formula is C17H23N3O2S. The molecule has 124 valence electrons. The molecule has 1 atom stereocenters. The number of sulfonamides is 1. The Kier molecular flexibility index (Phi) is 4.40. The number of rotatable bonds is 4. The summed E-state index contributed by atoms with van der Waals surface area (Å²) in [6.45, 7) is 5.69. The van der Waals surface area contributed by atoms with Crippen molar-refractivity contribution in [2.75, 3.05) is 13.1 Å². The molecule has 1 saturated heterocycles. The number of piperidine rings is 1. The van der Waals surface area contributed by atoms with E-state index in [0.717, 1.165) is 19.4 Å². The van der Waals surface area contributed by atoms with E-state index >= 15 is 0 Å². The number of fused-ring (bicyclic) bond motifs is 1. The van der Waals surface area contributed by atoms with Crippen LogP contribution in [0.5, 0.6) is 0 Å². The quantitative estimate of drug-likeness (QED) is 0.900. The molecule has 23 heavy (non-hydrogen) atoms. The Morgan fingerprint density at radius 2 is 2.13 bits per heavy atom. The largest absolute Gasteiger partial charge is 0.312 e. The van der Waals surface area contributed by atoms with E-state index in [2.05, 4.69) is 28.9 Å². The van der Waals surface area contributed by atoms with Crippen LogP contribution >= 0.6 is 0 Å². The fourth-order valence-electron chi connectivity index (χ4n) is 3.20. The first kappa shape index (κ1) is 16.4. The van der Waals surface area contributed by atoms with Crippen LogP contribution < -0.4 is 10.0 Å². The number of benzene rings is 1. The Hall–Kier alpha value is -1.50. The number of pyridine rings is 1. The van der Waals surface area contributed by atoms with Gasteiger partial charge in [0.1, 0.15) is 0 Å². The van der Waals surface area contributed by atoms with Crippen LogP contribution in [0.2, 0.25) is 0 Å². The first-order chi connectivity index (χ1) is 10.9. The van der Waals surface area contributed by atoms with Gasteiger partial charge in [0, 0.05) is 24.2 Å². The van der Waals surface area contributed by atoms with Crippen molar-refractivity contribution < 1.29 is 8.42 Å². The van der Waals surface area contributed by atoms with Crippen LogP contribution in [0.25, 0.3) is 10.9 Å². The van der Waals surface area contributed by atoms with E-state index in [4.69, 9.17) is 0 Å². The normalized spacial score (nSPS) is 21.4. The highest BCUT2D eigenvalue weighted by atomic mass is 32.2. The summed E-state index contributed by atoms with van der Waals surface area (Å²) >= 11 is 0. The van der Waals surface area contributed by atoms with Crippen molar-refractivity contribution in [3.05, 3.63) is 36.5 Å². The summed E-state index contributed by atoms with van der Waals surface area (Å²) in [4.78, 5) is 4.51. The van der Waals surface area contributed by atoms with Gasteiger partial charge in [-0.3, -0.25) is 4.98 Å². The Morgan fingerprint density at radius 3 is 2.91 bits per heavy atom. The summed E-state index contributed by atoms with van der Waals surface area (Å²) in [6, 6.07) is 8.87. The molecule has 3 rings (SSSR count). The fourth-order valence-corrected chi connectivity index (χ4v) is 4.46. The smallest absolute Gasteiger partial charge is 0.241 e. The maximum Gasteiger partial charge on any atom is 0.241 e. The van der Waals surface area contributed by atoms with Crippen LogP contribution in [0.1, 0.15) is 26.7 Å². The fraction of sp³-hybridized carbons (Fsp3) is 0.471. The molecule has 0 radical (unpaired) electrons. The Morgan fingerprint density at radius 1 is 1.30 bits per heavy atom. The van der Waals surface area contributed by atoms with Crippen LogP contribution in [-0.2, 0) is 10.0 Å². The average Bonchev–Trinajstić information content (AvgIpc) is 2.53. The molecule has 5 nitrogen and oxygen atoms in total. The summed E-state index contributed by atoms with van der Waals surface area (Å²) in [5.41, 5.74) is 0.771. The van der Waals surface area contributed by atoms with E-state index in [-0.39, 0.29) is 16.4 Å². The van der Waals surface area contributed by atoms with Gasteiger partial charge in [-0.15, -0.1) is 0 Å². The topological polar surface area (TPSA) is 71.1 Å². The molecule has 1 unspecified atom stereocenters. The molecule has 0 amide bonds. The minimum absolute atomic E-state index is 0.0844. The zero-order valence-electron chi connectivity index (χ0n) is 13.5. The number of nitrogens with one attached hydrogen (secondary N) is 2. The van der Waals surface area contributed by atoms with E-state index < -0.39 is 10.0 Å². The van der Waals surface area contributed by atoms with Gasteiger partial charge in [-0.1, -0.05) is 19.9 Å². The van der Waals surface area contributed by atoms with Gasteiger partial charge in [0.25, 0.3) is 0 Å². The van der Waals surface area contributed by atoms with Gasteiger partial charge >= 0.3 is 0 Å². The average molecular weight is 333 g/mol. The maximum absolute atomic E-state index is 12.7. The van der Waals surface area contributed by atoms with E-state index in [9.17, 15) is 8.42 Å². The molecule has 0 saturated carbocycles. The first-order valence-electron chi connectivity index (χ1n) is 7.97. The molecule has 0 aliphatic carbocycles. The predicted octanol–water partition coefficient (Wildman–Crippen LogP) is 2.29. The molecule has 6 heteroatoms.